The zero-order valence-electron chi connectivity index (χ0n) is 7.84. The van der Waals surface area contributed by atoms with Crippen LogP contribution in [0.4, 0.5) is 4.39 Å². The van der Waals surface area contributed by atoms with E-state index < -0.39 is 11.9 Å². The number of para-hydroxylation sites is 1. The van der Waals surface area contributed by atoms with Gasteiger partial charge in [-0.1, -0.05) is 17.7 Å². The molecule has 2 nitrogen and oxygen atoms in total. The third-order valence-electron chi connectivity index (χ3n) is 1.70. The first-order valence-electron chi connectivity index (χ1n) is 4.36. The van der Waals surface area contributed by atoms with Gasteiger partial charge in [0.15, 0.2) is 11.6 Å². The van der Waals surface area contributed by atoms with Crippen LogP contribution in [0.5, 0.6) is 5.75 Å². The molecule has 1 atom stereocenters. The van der Waals surface area contributed by atoms with Crippen LogP contribution in [-0.2, 0) is 0 Å². The topological polar surface area (TPSA) is 29.5 Å². The summed E-state index contributed by atoms with van der Waals surface area (Å²) < 4.78 is 18.2. The molecule has 1 aromatic rings. The number of halogens is 2. The molecule has 0 heterocycles. The molecule has 0 spiro atoms. The summed E-state index contributed by atoms with van der Waals surface area (Å²) in [5.41, 5.74) is 0. The van der Waals surface area contributed by atoms with Crippen LogP contribution < -0.4 is 4.74 Å². The highest BCUT2D eigenvalue weighted by molar-refractivity contribution is 6.32. The van der Waals surface area contributed by atoms with Gasteiger partial charge in [-0.2, -0.15) is 0 Å². The largest absolute Gasteiger partial charge is 0.489 e. The average Bonchev–Trinajstić information content (AvgIpc) is 2.09. The Morgan fingerprint density at radius 1 is 1.57 bits per heavy atom. The molecule has 78 valence electrons. The maximum atomic E-state index is 13.1. The number of aliphatic hydroxyl groups is 1. The summed E-state index contributed by atoms with van der Waals surface area (Å²) in [5, 5.41) is 9.21. The van der Waals surface area contributed by atoms with Crippen molar-refractivity contribution in [1.29, 1.82) is 0 Å². The fourth-order valence-electron chi connectivity index (χ4n) is 0.952. The van der Waals surface area contributed by atoms with Crippen LogP contribution in [-0.4, -0.2) is 17.8 Å². The zero-order chi connectivity index (χ0) is 10.6. The summed E-state index contributed by atoms with van der Waals surface area (Å²) in [6.45, 7) is 1.89. The maximum Gasteiger partial charge on any atom is 0.173 e. The lowest BCUT2D eigenvalue weighted by molar-refractivity contribution is 0.154. The van der Waals surface area contributed by atoms with E-state index in [1.165, 1.54) is 12.1 Å². The summed E-state index contributed by atoms with van der Waals surface area (Å²) in [7, 11) is 0. The van der Waals surface area contributed by atoms with Gasteiger partial charge in [-0.05, 0) is 19.1 Å². The summed E-state index contributed by atoms with van der Waals surface area (Å²) in [4.78, 5) is 0. The monoisotopic (exact) mass is 218 g/mol. The first kappa shape index (κ1) is 11.3. The SMILES string of the molecule is CC(O)CCOc1c(F)cccc1Cl. The van der Waals surface area contributed by atoms with Crippen molar-refractivity contribution in [2.75, 3.05) is 6.61 Å². The molecule has 0 fully saturated rings. The molecule has 1 rings (SSSR count). The highest BCUT2D eigenvalue weighted by Crippen LogP contribution is 2.27. The second kappa shape index (κ2) is 5.17. The molecule has 0 radical (unpaired) electrons. The van der Waals surface area contributed by atoms with Crippen molar-refractivity contribution in [3.63, 3.8) is 0 Å². The fraction of sp³-hybridized carbons (Fsp3) is 0.400. The number of hydrogen-bond acceptors (Lipinski definition) is 2. The van der Waals surface area contributed by atoms with Gasteiger partial charge in [-0.25, -0.2) is 4.39 Å². The van der Waals surface area contributed by atoms with Crippen molar-refractivity contribution in [3.05, 3.63) is 29.0 Å². The van der Waals surface area contributed by atoms with E-state index in [1.54, 1.807) is 13.0 Å². The first-order chi connectivity index (χ1) is 6.61. The predicted molar refractivity (Wildman–Crippen MR) is 53.2 cm³/mol. The van der Waals surface area contributed by atoms with E-state index in [4.69, 9.17) is 21.4 Å². The highest BCUT2D eigenvalue weighted by atomic mass is 35.5. The molecule has 0 saturated heterocycles. The molecule has 0 aliphatic carbocycles. The molecule has 0 aliphatic heterocycles. The van der Waals surface area contributed by atoms with Gasteiger partial charge in [0.2, 0.25) is 0 Å². The van der Waals surface area contributed by atoms with Gasteiger partial charge in [0.1, 0.15) is 0 Å². The Bertz CT molecular complexity index is 282. The lowest BCUT2D eigenvalue weighted by atomic mass is 10.3. The number of rotatable bonds is 4. The van der Waals surface area contributed by atoms with Crippen LogP contribution in [0.15, 0.2) is 18.2 Å². The fourth-order valence-corrected chi connectivity index (χ4v) is 1.17. The third kappa shape index (κ3) is 3.16. The molecule has 4 heteroatoms. The van der Waals surface area contributed by atoms with Crippen LogP contribution in [0.3, 0.4) is 0 Å². The number of benzene rings is 1. The van der Waals surface area contributed by atoms with Crippen LogP contribution in [0.25, 0.3) is 0 Å². The van der Waals surface area contributed by atoms with E-state index in [0.717, 1.165) is 0 Å². The van der Waals surface area contributed by atoms with E-state index in [1.807, 2.05) is 0 Å². The van der Waals surface area contributed by atoms with Gasteiger partial charge in [0, 0.05) is 6.42 Å². The maximum absolute atomic E-state index is 13.1. The van der Waals surface area contributed by atoms with E-state index in [9.17, 15) is 4.39 Å². The van der Waals surface area contributed by atoms with Crippen molar-refractivity contribution in [1.82, 2.24) is 0 Å². The van der Waals surface area contributed by atoms with Crippen LogP contribution in [0.1, 0.15) is 13.3 Å². The number of ether oxygens (including phenoxy) is 1. The Morgan fingerprint density at radius 3 is 2.86 bits per heavy atom. The standard InChI is InChI=1S/C10H12ClFO2/c1-7(13)5-6-14-10-8(11)3-2-4-9(10)12/h2-4,7,13H,5-6H2,1H3. The number of hydrogen-bond donors (Lipinski definition) is 1. The molecule has 0 amide bonds. The zero-order valence-corrected chi connectivity index (χ0v) is 8.59. The molecule has 1 unspecified atom stereocenters. The van der Waals surface area contributed by atoms with Crippen LogP contribution in [0.2, 0.25) is 5.02 Å². The summed E-state index contributed by atoms with van der Waals surface area (Å²) in [5.74, 6) is -0.432. The van der Waals surface area contributed by atoms with Crippen molar-refractivity contribution in [3.8, 4) is 5.75 Å². The van der Waals surface area contributed by atoms with E-state index in [0.29, 0.717) is 6.42 Å². The second-order valence-electron chi connectivity index (χ2n) is 3.04. The Hall–Kier alpha value is -0.800. The Balaban J connectivity index is 2.58. The molecular weight excluding hydrogens is 207 g/mol. The molecular formula is C10H12ClFO2. The van der Waals surface area contributed by atoms with E-state index >= 15 is 0 Å². The lowest BCUT2D eigenvalue weighted by Crippen LogP contribution is -2.08. The molecule has 1 N–H and O–H groups in total. The van der Waals surface area contributed by atoms with Crippen molar-refractivity contribution >= 4 is 11.6 Å². The van der Waals surface area contributed by atoms with Gasteiger partial charge >= 0.3 is 0 Å². The van der Waals surface area contributed by atoms with Crippen molar-refractivity contribution in [2.24, 2.45) is 0 Å². The summed E-state index contributed by atoms with van der Waals surface area (Å²) >= 11 is 5.72. The van der Waals surface area contributed by atoms with Crippen molar-refractivity contribution in [2.45, 2.75) is 19.4 Å². The summed E-state index contributed by atoms with van der Waals surface area (Å²) in [6.07, 6.45) is -0.00875. The van der Waals surface area contributed by atoms with E-state index in [2.05, 4.69) is 0 Å². The minimum atomic E-state index is -0.483. The molecule has 0 saturated carbocycles. The first-order valence-corrected chi connectivity index (χ1v) is 4.74. The van der Waals surface area contributed by atoms with Crippen molar-refractivity contribution < 1.29 is 14.2 Å². The van der Waals surface area contributed by atoms with Gasteiger partial charge in [0.05, 0.1) is 17.7 Å². The lowest BCUT2D eigenvalue weighted by Gasteiger charge is -2.09. The Labute approximate surface area is 87.3 Å². The molecule has 0 bridgehead atoms. The predicted octanol–water partition coefficient (Wildman–Crippen LogP) is 2.63. The van der Waals surface area contributed by atoms with Gasteiger partial charge in [-0.15, -0.1) is 0 Å². The molecule has 1 aromatic carbocycles. The molecule has 14 heavy (non-hydrogen) atoms. The Kier molecular flexibility index (Phi) is 4.17. The van der Waals surface area contributed by atoms with Crippen LogP contribution in [0, 0.1) is 5.82 Å². The van der Waals surface area contributed by atoms with Gasteiger partial charge in [-0.3, -0.25) is 0 Å². The third-order valence-corrected chi connectivity index (χ3v) is 2.00. The molecule has 0 aliphatic rings. The normalized spacial score (nSPS) is 12.6. The van der Waals surface area contributed by atoms with Gasteiger partial charge in [0.25, 0.3) is 0 Å². The second-order valence-corrected chi connectivity index (χ2v) is 3.44. The highest BCUT2D eigenvalue weighted by Gasteiger charge is 2.07. The van der Waals surface area contributed by atoms with E-state index in [-0.39, 0.29) is 17.4 Å². The summed E-state index contributed by atoms with van der Waals surface area (Å²) in [6, 6.07) is 4.35. The minimum Gasteiger partial charge on any atom is -0.489 e. The van der Waals surface area contributed by atoms with Gasteiger partial charge < -0.3 is 9.84 Å². The Morgan fingerprint density at radius 2 is 2.29 bits per heavy atom. The number of aliphatic hydroxyl groups excluding tert-OH is 1. The quantitative estimate of drug-likeness (QED) is 0.842. The smallest absolute Gasteiger partial charge is 0.173 e. The minimum absolute atomic E-state index is 0.0508. The molecule has 0 aromatic heterocycles. The average molecular weight is 219 g/mol. The van der Waals surface area contributed by atoms with Crippen LogP contribution >= 0.6 is 11.6 Å².